The van der Waals surface area contributed by atoms with Gasteiger partial charge in [-0.05, 0) is 80.1 Å². The van der Waals surface area contributed by atoms with Gasteiger partial charge in [-0.15, -0.1) is 11.3 Å². The van der Waals surface area contributed by atoms with E-state index in [0.29, 0.717) is 17.1 Å². The lowest BCUT2D eigenvalue weighted by atomic mass is 9.49. The first-order chi connectivity index (χ1) is 14.1. The van der Waals surface area contributed by atoms with Crippen LogP contribution in [0.3, 0.4) is 0 Å². The summed E-state index contributed by atoms with van der Waals surface area (Å²) in [5.74, 6) is 4.02. The van der Waals surface area contributed by atoms with Crippen LogP contribution in [0.2, 0.25) is 0 Å². The molecule has 4 aliphatic rings. The molecule has 150 valence electrons. The van der Waals surface area contributed by atoms with E-state index in [-0.39, 0.29) is 5.41 Å². The van der Waals surface area contributed by atoms with Crippen LogP contribution in [0.5, 0.6) is 11.5 Å². The van der Waals surface area contributed by atoms with Crippen molar-refractivity contribution in [1.29, 1.82) is 5.26 Å². The molecule has 0 N–H and O–H groups in total. The molecule has 0 saturated heterocycles. The molecule has 4 nitrogen and oxygen atoms in total. The highest BCUT2D eigenvalue weighted by molar-refractivity contribution is 7.11. The Labute approximate surface area is 176 Å². The van der Waals surface area contributed by atoms with E-state index in [4.69, 9.17) is 14.5 Å². The number of methoxy groups -OCH3 is 2. The van der Waals surface area contributed by atoms with Crippen molar-refractivity contribution in [2.45, 2.75) is 43.9 Å². The van der Waals surface area contributed by atoms with Gasteiger partial charge in [-0.3, -0.25) is 0 Å². The molecular weight excluding hydrogens is 380 g/mol. The zero-order valence-electron chi connectivity index (χ0n) is 17.0. The molecule has 4 aliphatic carbocycles. The van der Waals surface area contributed by atoms with E-state index in [1.165, 1.54) is 44.2 Å². The summed E-state index contributed by atoms with van der Waals surface area (Å²) in [5.41, 5.74) is 3.03. The van der Waals surface area contributed by atoms with Gasteiger partial charge in [0.15, 0.2) is 11.5 Å². The van der Waals surface area contributed by atoms with Crippen LogP contribution in [-0.4, -0.2) is 19.2 Å². The largest absolute Gasteiger partial charge is 0.493 e. The highest BCUT2D eigenvalue weighted by Gasteiger charge is 2.52. The Morgan fingerprint density at radius 1 is 1.10 bits per heavy atom. The smallest absolute Gasteiger partial charge is 0.161 e. The number of aromatic nitrogens is 1. The molecule has 5 heteroatoms. The predicted molar refractivity (Wildman–Crippen MR) is 115 cm³/mol. The molecule has 0 radical (unpaired) electrons. The average molecular weight is 407 g/mol. The predicted octanol–water partition coefficient (Wildman–Crippen LogP) is 5.69. The monoisotopic (exact) mass is 406 g/mol. The highest BCUT2D eigenvalue weighted by Crippen LogP contribution is 2.60. The van der Waals surface area contributed by atoms with Crippen LogP contribution >= 0.6 is 11.3 Å². The van der Waals surface area contributed by atoms with Gasteiger partial charge in [0.25, 0.3) is 0 Å². The van der Waals surface area contributed by atoms with Gasteiger partial charge in [0.05, 0.1) is 25.5 Å². The van der Waals surface area contributed by atoms with Crippen molar-refractivity contribution < 1.29 is 9.47 Å². The first-order valence-corrected chi connectivity index (χ1v) is 11.3. The zero-order chi connectivity index (χ0) is 20.0. The summed E-state index contributed by atoms with van der Waals surface area (Å²) >= 11 is 1.61. The Kier molecular flexibility index (Phi) is 4.63. The molecule has 6 rings (SSSR count). The third-order valence-electron chi connectivity index (χ3n) is 7.16. The van der Waals surface area contributed by atoms with E-state index in [9.17, 15) is 5.26 Å². The van der Waals surface area contributed by atoms with Crippen LogP contribution in [0.25, 0.3) is 11.6 Å². The Balaban J connectivity index is 1.45. The Morgan fingerprint density at radius 3 is 2.34 bits per heavy atom. The van der Waals surface area contributed by atoms with E-state index >= 15 is 0 Å². The quantitative estimate of drug-likeness (QED) is 0.598. The summed E-state index contributed by atoms with van der Waals surface area (Å²) in [5, 5.41) is 12.9. The number of ether oxygens (including phenoxy) is 2. The number of allylic oxidation sites excluding steroid dienone is 1. The van der Waals surface area contributed by atoms with E-state index in [0.717, 1.165) is 28.3 Å². The molecule has 2 aromatic rings. The van der Waals surface area contributed by atoms with E-state index in [1.807, 2.05) is 24.3 Å². The van der Waals surface area contributed by atoms with Crippen LogP contribution in [0.4, 0.5) is 0 Å². The Morgan fingerprint density at radius 2 is 1.76 bits per heavy atom. The van der Waals surface area contributed by atoms with Crippen LogP contribution < -0.4 is 9.47 Å². The summed E-state index contributed by atoms with van der Waals surface area (Å²) in [6.45, 7) is 0. The fourth-order valence-corrected chi connectivity index (χ4v) is 7.23. The maximum absolute atomic E-state index is 9.80. The zero-order valence-corrected chi connectivity index (χ0v) is 17.8. The first kappa shape index (κ1) is 18.7. The minimum atomic E-state index is 0.271. The van der Waals surface area contributed by atoms with Crippen molar-refractivity contribution in [3.8, 4) is 17.6 Å². The third-order valence-corrected chi connectivity index (χ3v) is 8.03. The maximum atomic E-state index is 9.80. The Hall–Kier alpha value is -2.32. The number of nitrogens with zero attached hydrogens (tertiary/aromatic N) is 2. The summed E-state index contributed by atoms with van der Waals surface area (Å²) < 4.78 is 10.7. The second-order valence-electron chi connectivity index (χ2n) is 9.02. The lowest BCUT2D eigenvalue weighted by Crippen LogP contribution is -2.48. The van der Waals surface area contributed by atoms with Gasteiger partial charge in [0.1, 0.15) is 11.1 Å². The van der Waals surface area contributed by atoms with Crippen LogP contribution in [-0.2, 0) is 5.41 Å². The normalized spacial score (nSPS) is 30.2. The minimum absolute atomic E-state index is 0.271. The first-order valence-electron chi connectivity index (χ1n) is 10.4. The van der Waals surface area contributed by atoms with Gasteiger partial charge in [-0.1, -0.05) is 6.07 Å². The SMILES string of the molecule is COc1ccc(/C=C(\C#N)c2nc(C34CC5CC(CC(C5)C3)C4)cs2)cc1OC. The van der Waals surface area contributed by atoms with Crippen LogP contribution in [0, 0.1) is 29.1 Å². The molecule has 4 bridgehead atoms. The summed E-state index contributed by atoms with van der Waals surface area (Å²) in [6.07, 6.45) is 10.1. The molecule has 4 saturated carbocycles. The molecule has 0 atom stereocenters. The number of nitriles is 1. The second kappa shape index (κ2) is 7.18. The number of thiazole rings is 1. The molecule has 4 fully saturated rings. The standard InChI is InChI=1S/C24H26N2O2S/c1-27-20-4-3-15(9-21(20)28-2)8-19(13-25)23-26-22(14-29-23)24-10-16-5-17(11-24)7-18(6-16)12-24/h3-4,8-9,14,16-18H,5-7,10-12H2,1-2H3/b19-8+. The molecule has 1 aromatic carbocycles. The van der Waals surface area contributed by atoms with Crippen molar-refractivity contribution in [3.05, 3.63) is 39.8 Å². The molecule has 1 aromatic heterocycles. The lowest BCUT2D eigenvalue weighted by molar-refractivity contribution is -0.00694. The molecule has 0 amide bonds. The topological polar surface area (TPSA) is 55.1 Å². The van der Waals surface area contributed by atoms with Gasteiger partial charge in [-0.2, -0.15) is 5.26 Å². The van der Waals surface area contributed by atoms with Gasteiger partial charge < -0.3 is 9.47 Å². The van der Waals surface area contributed by atoms with Crippen molar-refractivity contribution in [2.75, 3.05) is 14.2 Å². The van der Waals surface area contributed by atoms with Gasteiger partial charge in [-0.25, -0.2) is 4.98 Å². The number of hydrogen-bond acceptors (Lipinski definition) is 5. The molecule has 0 unspecified atom stereocenters. The Bertz CT molecular complexity index is 965. The summed E-state index contributed by atoms with van der Waals surface area (Å²) in [4.78, 5) is 5.02. The van der Waals surface area contributed by atoms with Gasteiger partial charge >= 0.3 is 0 Å². The molecule has 0 spiro atoms. The number of benzene rings is 1. The van der Waals surface area contributed by atoms with Crippen LogP contribution in [0.15, 0.2) is 23.6 Å². The summed E-state index contributed by atoms with van der Waals surface area (Å²) in [7, 11) is 3.24. The molecular formula is C24H26N2O2S. The van der Waals surface area contributed by atoms with Crippen LogP contribution in [0.1, 0.15) is 54.8 Å². The minimum Gasteiger partial charge on any atom is -0.493 e. The molecule has 1 heterocycles. The number of hydrogen-bond donors (Lipinski definition) is 0. The van der Waals surface area contributed by atoms with E-state index in [2.05, 4.69) is 11.4 Å². The van der Waals surface area contributed by atoms with Crippen molar-refractivity contribution in [3.63, 3.8) is 0 Å². The maximum Gasteiger partial charge on any atom is 0.161 e. The number of rotatable bonds is 5. The van der Waals surface area contributed by atoms with Crippen molar-refractivity contribution in [2.24, 2.45) is 17.8 Å². The van der Waals surface area contributed by atoms with E-state index < -0.39 is 0 Å². The average Bonchev–Trinajstić information content (AvgIpc) is 3.22. The fraction of sp³-hybridized carbons (Fsp3) is 0.500. The van der Waals surface area contributed by atoms with Gasteiger partial charge in [0.2, 0.25) is 0 Å². The van der Waals surface area contributed by atoms with Gasteiger partial charge in [0, 0.05) is 10.8 Å². The van der Waals surface area contributed by atoms with Crippen molar-refractivity contribution >= 4 is 23.0 Å². The van der Waals surface area contributed by atoms with Crippen molar-refractivity contribution in [1.82, 2.24) is 4.98 Å². The second-order valence-corrected chi connectivity index (χ2v) is 9.88. The third kappa shape index (κ3) is 3.24. The fourth-order valence-electron chi connectivity index (χ4n) is 6.32. The van der Waals surface area contributed by atoms with E-state index in [1.54, 1.807) is 25.6 Å². The molecule has 29 heavy (non-hydrogen) atoms. The lowest BCUT2D eigenvalue weighted by Gasteiger charge is -2.56. The summed E-state index contributed by atoms with van der Waals surface area (Å²) in [6, 6.07) is 8.05. The molecule has 0 aliphatic heterocycles. The highest BCUT2D eigenvalue weighted by atomic mass is 32.1.